The molecule has 4 rings (SSSR count). The second-order valence-electron chi connectivity index (χ2n) is 5.64. The zero-order valence-corrected chi connectivity index (χ0v) is 14.6. The van der Waals surface area contributed by atoms with Crippen LogP contribution in [0.1, 0.15) is 10.6 Å². The van der Waals surface area contributed by atoms with Crippen molar-refractivity contribution in [2.75, 3.05) is 0 Å². The number of aromatic nitrogens is 1. The first-order valence-corrected chi connectivity index (χ1v) is 8.94. The molecule has 4 heteroatoms. The van der Waals surface area contributed by atoms with E-state index < -0.39 is 0 Å². The second-order valence-corrected chi connectivity index (χ2v) is 6.67. The number of allylic oxidation sites excluding steroid dienone is 1. The Morgan fingerprint density at radius 2 is 1.69 bits per heavy atom. The van der Waals surface area contributed by atoms with Crippen molar-refractivity contribution < 1.29 is 4.74 Å². The van der Waals surface area contributed by atoms with Gasteiger partial charge >= 0.3 is 0 Å². The van der Waals surface area contributed by atoms with Crippen LogP contribution in [0.5, 0.6) is 11.5 Å². The van der Waals surface area contributed by atoms with Gasteiger partial charge in [-0.25, -0.2) is 4.98 Å². The van der Waals surface area contributed by atoms with Gasteiger partial charge < -0.3 is 4.74 Å². The molecule has 4 aromatic rings. The highest BCUT2D eigenvalue weighted by Crippen LogP contribution is 2.29. The Labute approximate surface area is 155 Å². The van der Waals surface area contributed by atoms with E-state index in [0.717, 1.165) is 32.3 Å². The van der Waals surface area contributed by atoms with Gasteiger partial charge in [-0.05, 0) is 48.0 Å². The fourth-order valence-corrected chi connectivity index (χ4v) is 3.52. The van der Waals surface area contributed by atoms with Crippen LogP contribution < -0.4 is 4.74 Å². The molecule has 26 heavy (non-hydrogen) atoms. The molecule has 0 radical (unpaired) electrons. The molecule has 0 fully saturated rings. The number of benzene rings is 3. The van der Waals surface area contributed by atoms with E-state index in [1.807, 2.05) is 84.9 Å². The van der Waals surface area contributed by atoms with Crippen molar-refractivity contribution in [2.24, 2.45) is 0 Å². The summed E-state index contributed by atoms with van der Waals surface area (Å²) in [6, 6.07) is 27.5. The van der Waals surface area contributed by atoms with E-state index in [1.165, 1.54) is 11.3 Å². The molecule has 1 aromatic heterocycles. The predicted octanol–water partition coefficient (Wildman–Crippen LogP) is 6.15. The number of ether oxygens (including phenoxy) is 1. The lowest BCUT2D eigenvalue weighted by Gasteiger charge is -2.06. The highest BCUT2D eigenvalue weighted by atomic mass is 32.1. The number of para-hydroxylation sites is 2. The molecule has 0 unspecified atom stereocenters. The number of rotatable bonds is 4. The van der Waals surface area contributed by atoms with Crippen LogP contribution >= 0.6 is 11.3 Å². The van der Waals surface area contributed by atoms with Crippen molar-refractivity contribution >= 4 is 33.2 Å². The fourth-order valence-electron chi connectivity index (χ4n) is 2.59. The number of thiazole rings is 1. The van der Waals surface area contributed by atoms with Gasteiger partial charge in [0.2, 0.25) is 0 Å². The zero-order valence-electron chi connectivity index (χ0n) is 13.8. The van der Waals surface area contributed by atoms with Crippen LogP contribution in [0, 0.1) is 11.3 Å². The molecular formula is C22H14N2OS. The topological polar surface area (TPSA) is 45.9 Å². The molecule has 0 amide bonds. The van der Waals surface area contributed by atoms with Gasteiger partial charge in [0.25, 0.3) is 0 Å². The fraction of sp³-hybridized carbons (Fsp3) is 0. The minimum Gasteiger partial charge on any atom is -0.457 e. The Kier molecular flexibility index (Phi) is 4.46. The van der Waals surface area contributed by atoms with Gasteiger partial charge in [-0.3, -0.25) is 0 Å². The van der Waals surface area contributed by atoms with Gasteiger partial charge in [-0.1, -0.05) is 42.5 Å². The summed E-state index contributed by atoms with van der Waals surface area (Å²) in [5.41, 5.74) is 2.35. The molecule has 0 saturated heterocycles. The summed E-state index contributed by atoms with van der Waals surface area (Å²) in [4.78, 5) is 4.57. The van der Waals surface area contributed by atoms with Gasteiger partial charge in [0.1, 0.15) is 22.6 Å². The third-order valence-electron chi connectivity index (χ3n) is 3.79. The summed E-state index contributed by atoms with van der Waals surface area (Å²) in [7, 11) is 0. The summed E-state index contributed by atoms with van der Waals surface area (Å²) in [6.45, 7) is 0. The summed E-state index contributed by atoms with van der Waals surface area (Å²) in [6.07, 6.45) is 1.84. The standard InChI is InChI=1S/C22H14N2OS/c23-15-17(22-24-20-11-4-5-12-21(20)26-22)13-16-7-6-10-19(14-16)25-18-8-2-1-3-9-18/h1-14H. The first-order valence-electron chi connectivity index (χ1n) is 8.12. The van der Waals surface area contributed by atoms with Crippen LogP contribution in [0.3, 0.4) is 0 Å². The van der Waals surface area contributed by atoms with E-state index in [9.17, 15) is 5.26 Å². The molecule has 0 saturated carbocycles. The molecule has 0 aliphatic rings. The van der Waals surface area contributed by atoms with E-state index in [0.29, 0.717) is 5.57 Å². The molecular weight excluding hydrogens is 340 g/mol. The maximum Gasteiger partial charge on any atom is 0.135 e. The molecule has 0 bridgehead atoms. The number of nitriles is 1. The van der Waals surface area contributed by atoms with Crippen LogP contribution in [0.2, 0.25) is 0 Å². The van der Waals surface area contributed by atoms with Crippen LogP contribution in [0.4, 0.5) is 0 Å². The van der Waals surface area contributed by atoms with Crippen molar-refractivity contribution in [1.82, 2.24) is 4.98 Å². The Bertz CT molecular complexity index is 1090. The molecule has 0 aliphatic heterocycles. The van der Waals surface area contributed by atoms with Crippen molar-refractivity contribution in [2.45, 2.75) is 0 Å². The van der Waals surface area contributed by atoms with Crippen molar-refractivity contribution in [1.29, 1.82) is 5.26 Å². The minimum atomic E-state index is 0.545. The summed E-state index contributed by atoms with van der Waals surface area (Å²) in [5, 5.41) is 10.3. The van der Waals surface area contributed by atoms with E-state index in [1.54, 1.807) is 0 Å². The van der Waals surface area contributed by atoms with E-state index in [2.05, 4.69) is 11.1 Å². The van der Waals surface area contributed by atoms with Gasteiger partial charge in [-0.2, -0.15) is 5.26 Å². The molecule has 1 heterocycles. The van der Waals surface area contributed by atoms with Crippen LogP contribution in [-0.4, -0.2) is 4.98 Å². The van der Waals surface area contributed by atoms with Gasteiger partial charge in [0.15, 0.2) is 0 Å². The quantitative estimate of drug-likeness (QED) is 0.413. The number of hydrogen-bond acceptors (Lipinski definition) is 4. The SMILES string of the molecule is N#CC(=Cc1cccc(Oc2ccccc2)c1)c1nc2ccccc2s1. The highest BCUT2D eigenvalue weighted by molar-refractivity contribution is 7.19. The predicted molar refractivity (Wildman–Crippen MR) is 106 cm³/mol. The smallest absolute Gasteiger partial charge is 0.135 e. The molecule has 0 spiro atoms. The molecule has 3 nitrogen and oxygen atoms in total. The summed E-state index contributed by atoms with van der Waals surface area (Å²) < 4.78 is 6.94. The average Bonchev–Trinajstić information content (AvgIpc) is 3.11. The minimum absolute atomic E-state index is 0.545. The lowest BCUT2D eigenvalue weighted by molar-refractivity contribution is 0.482. The van der Waals surface area contributed by atoms with Crippen LogP contribution in [0.25, 0.3) is 21.9 Å². The van der Waals surface area contributed by atoms with Crippen LogP contribution in [0.15, 0.2) is 78.9 Å². The Morgan fingerprint density at radius 1 is 0.923 bits per heavy atom. The Hall–Kier alpha value is -3.42. The third-order valence-corrected chi connectivity index (χ3v) is 4.86. The second kappa shape index (κ2) is 7.22. The first-order chi connectivity index (χ1) is 12.8. The molecule has 3 aromatic carbocycles. The first kappa shape index (κ1) is 16.1. The Morgan fingerprint density at radius 3 is 2.50 bits per heavy atom. The highest BCUT2D eigenvalue weighted by Gasteiger charge is 2.08. The maximum atomic E-state index is 9.59. The lowest BCUT2D eigenvalue weighted by Crippen LogP contribution is -1.85. The van der Waals surface area contributed by atoms with E-state index in [-0.39, 0.29) is 0 Å². The van der Waals surface area contributed by atoms with Crippen molar-refractivity contribution in [3.63, 3.8) is 0 Å². The molecule has 0 atom stereocenters. The number of fused-ring (bicyclic) bond motifs is 1. The largest absolute Gasteiger partial charge is 0.457 e. The summed E-state index contributed by atoms with van der Waals surface area (Å²) >= 11 is 1.52. The Balaban J connectivity index is 1.65. The van der Waals surface area contributed by atoms with E-state index in [4.69, 9.17) is 4.74 Å². The van der Waals surface area contributed by atoms with E-state index >= 15 is 0 Å². The monoisotopic (exact) mass is 354 g/mol. The van der Waals surface area contributed by atoms with Crippen molar-refractivity contribution in [3.8, 4) is 17.6 Å². The normalized spacial score (nSPS) is 11.3. The van der Waals surface area contributed by atoms with Crippen molar-refractivity contribution in [3.05, 3.63) is 89.4 Å². The molecule has 0 N–H and O–H groups in total. The molecule has 0 aliphatic carbocycles. The molecule has 124 valence electrons. The number of hydrogen-bond donors (Lipinski definition) is 0. The third kappa shape index (κ3) is 3.49. The van der Waals surface area contributed by atoms with Gasteiger partial charge in [0, 0.05) is 0 Å². The lowest BCUT2D eigenvalue weighted by atomic mass is 10.1. The van der Waals surface area contributed by atoms with Crippen LogP contribution in [-0.2, 0) is 0 Å². The zero-order chi connectivity index (χ0) is 17.8. The van der Waals surface area contributed by atoms with Gasteiger partial charge in [-0.15, -0.1) is 11.3 Å². The average molecular weight is 354 g/mol. The number of nitrogens with zero attached hydrogens (tertiary/aromatic N) is 2. The maximum absolute atomic E-state index is 9.59. The van der Waals surface area contributed by atoms with Gasteiger partial charge in [0.05, 0.1) is 15.8 Å². The summed E-state index contributed by atoms with van der Waals surface area (Å²) in [5.74, 6) is 1.51.